The van der Waals surface area contributed by atoms with Crippen LogP contribution in [0.5, 0.6) is 0 Å². The quantitative estimate of drug-likeness (QED) is 0.608. The summed E-state index contributed by atoms with van der Waals surface area (Å²) < 4.78 is 4.82. The predicted octanol–water partition coefficient (Wildman–Crippen LogP) is 2.13. The maximum Gasteiger partial charge on any atom is 0.342 e. The number of hydrogen-bond acceptors (Lipinski definition) is 3. The number of esters is 1. The van der Waals surface area contributed by atoms with Crippen LogP contribution in [0, 0.1) is 0 Å². The highest BCUT2D eigenvalue weighted by atomic mass is 16.5. The topological polar surface area (TPSA) is 46.5 Å². The zero-order valence-corrected chi connectivity index (χ0v) is 8.81. The minimum Gasteiger partial charge on any atom is -0.431 e. The molecule has 0 aromatic heterocycles. The maximum absolute atomic E-state index is 11.4. The monoisotopic (exact) mass is 206 g/mol. The van der Waals surface area contributed by atoms with Crippen molar-refractivity contribution in [1.29, 1.82) is 0 Å². The summed E-state index contributed by atoms with van der Waals surface area (Å²) in [4.78, 5) is 11.4. The normalized spacial score (nSPS) is 11.7. The van der Waals surface area contributed by atoms with Crippen molar-refractivity contribution >= 4 is 5.97 Å². The van der Waals surface area contributed by atoms with Gasteiger partial charge < -0.3 is 9.84 Å². The van der Waals surface area contributed by atoms with E-state index in [0.717, 1.165) is 0 Å². The first kappa shape index (κ1) is 11.5. The van der Waals surface area contributed by atoms with Crippen LogP contribution < -0.4 is 0 Å². The third kappa shape index (κ3) is 4.42. The SMILES string of the molecule is CC(C)(O)/C=C\OC(=O)c1ccccc1. The Balaban J connectivity index is 2.55. The lowest BCUT2D eigenvalue weighted by Gasteiger charge is -2.09. The van der Waals surface area contributed by atoms with Gasteiger partial charge in [-0.25, -0.2) is 4.79 Å². The molecule has 0 saturated heterocycles. The third-order valence-corrected chi connectivity index (χ3v) is 1.66. The number of benzene rings is 1. The third-order valence-electron chi connectivity index (χ3n) is 1.66. The Morgan fingerprint density at radius 2 is 1.93 bits per heavy atom. The molecular formula is C12H14O3. The molecule has 0 heterocycles. The Bertz CT molecular complexity index is 347. The van der Waals surface area contributed by atoms with Gasteiger partial charge in [0.25, 0.3) is 0 Å². The van der Waals surface area contributed by atoms with E-state index in [1.54, 1.807) is 38.1 Å². The number of carbonyl (C=O) groups is 1. The number of ether oxygens (including phenoxy) is 1. The van der Waals surface area contributed by atoms with Crippen LogP contribution in [0.1, 0.15) is 24.2 Å². The van der Waals surface area contributed by atoms with E-state index in [1.165, 1.54) is 12.3 Å². The first-order valence-electron chi connectivity index (χ1n) is 4.65. The lowest BCUT2D eigenvalue weighted by atomic mass is 10.1. The van der Waals surface area contributed by atoms with Gasteiger partial charge in [-0.15, -0.1) is 0 Å². The minimum absolute atomic E-state index is 0.434. The van der Waals surface area contributed by atoms with Crippen molar-refractivity contribution in [2.24, 2.45) is 0 Å². The Morgan fingerprint density at radius 1 is 1.33 bits per heavy atom. The average Bonchev–Trinajstić information content (AvgIpc) is 2.17. The van der Waals surface area contributed by atoms with Gasteiger partial charge in [0.05, 0.1) is 17.4 Å². The van der Waals surface area contributed by atoms with Crippen molar-refractivity contribution in [3.63, 3.8) is 0 Å². The van der Waals surface area contributed by atoms with E-state index in [4.69, 9.17) is 4.74 Å². The molecule has 0 fully saturated rings. The fraction of sp³-hybridized carbons (Fsp3) is 0.250. The van der Waals surface area contributed by atoms with Crippen molar-refractivity contribution in [3.05, 3.63) is 48.2 Å². The summed E-state index contributed by atoms with van der Waals surface area (Å²) >= 11 is 0. The van der Waals surface area contributed by atoms with Crippen LogP contribution >= 0.6 is 0 Å². The zero-order chi connectivity index (χ0) is 11.3. The summed E-state index contributed by atoms with van der Waals surface area (Å²) in [6.45, 7) is 3.19. The van der Waals surface area contributed by atoms with Crippen molar-refractivity contribution in [3.8, 4) is 0 Å². The van der Waals surface area contributed by atoms with E-state index in [2.05, 4.69) is 0 Å². The second-order valence-corrected chi connectivity index (χ2v) is 3.73. The summed E-state index contributed by atoms with van der Waals surface area (Å²) in [7, 11) is 0. The Kier molecular flexibility index (Phi) is 3.63. The highest BCUT2D eigenvalue weighted by Gasteiger charge is 2.08. The summed E-state index contributed by atoms with van der Waals surface area (Å²) in [5.74, 6) is -0.434. The van der Waals surface area contributed by atoms with Crippen molar-refractivity contribution in [1.82, 2.24) is 0 Å². The van der Waals surface area contributed by atoms with E-state index in [9.17, 15) is 9.90 Å². The van der Waals surface area contributed by atoms with E-state index >= 15 is 0 Å². The molecule has 0 bridgehead atoms. The number of carbonyl (C=O) groups excluding carboxylic acids is 1. The molecule has 15 heavy (non-hydrogen) atoms. The summed E-state index contributed by atoms with van der Waals surface area (Å²) in [5.41, 5.74) is -0.491. The lowest BCUT2D eigenvalue weighted by molar-refractivity contribution is 0.0652. The molecule has 1 N–H and O–H groups in total. The fourth-order valence-corrected chi connectivity index (χ4v) is 0.905. The van der Waals surface area contributed by atoms with Gasteiger partial charge in [0.2, 0.25) is 0 Å². The zero-order valence-electron chi connectivity index (χ0n) is 8.81. The van der Waals surface area contributed by atoms with E-state index in [0.29, 0.717) is 5.56 Å². The van der Waals surface area contributed by atoms with Crippen LogP contribution in [0.15, 0.2) is 42.7 Å². The minimum atomic E-state index is -0.975. The maximum atomic E-state index is 11.4. The molecule has 0 aliphatic rings. The van der Waals surface area contributed by atoms with Crippen LogP contribution in [0.4, 0.5) is 0 Å². The molecular weight excluding hydrogens is 192 g/mol. The second-order valence-electron chi connectivity index (χ2n) is 3.73. The molecule has 0 radical (unpaired) electrons. The molecule has 80 valence electrons. The van der Waals surface area contributed by atoms with Gasteiger partial charge in [0.1, 0.15) is 0 Å². The molecule has 0 saturated carbocycles. The van der Waals surface area contributed by atoms with Crippen molar-refractivity contribution in [2.45, 2.75) is 19.4 Å². The van der Waals surface area contributed by atoms with Crippen LogP contribution in [-0.2, 0) is 4.74 Å². The van der Waals surface area contributed by atoms with Crippen LogP contribution in [0.2, 0.25) is 0 Å². The van der Waals surface area contributed by atoms with E-state index in [1.807, 2.05) is 6.07 Å². The molecule has 0 spiro atoms. The van der Waals surface area contributed by atoms with Gasteiger partial charge in [-0.3, -0.25) is 0 Å². The van der Waals surface area contributed by atoms with Crippen LogP contribution in [-0.4, -0.2) is 16.7 Å². The standard InChI is InChI=1S/C12H14O3/c1-12(2,14)8-9-15-11(13)10-6-4-3-5-7-10/h3-9,14H,1-2H3/b9-8-. The molecule has 1 aromatic carbocycles. The fourth-order valence-electron chi connectivity index (χ4n) is 0.905. The van der Waals surface area contributed by atoms with Crippen LogP contribution in [0.3, 0.4) is 0 Å². The Labute approximate surface area is 89.0 Å². The van der Waals surface area contributed by atoms with E-state index in [-0.39, 0.29) is 0 Å². The lowest BCUT2D eigenvalue weighted by Crippen LogP contribution is -2.14. The second kappa shape index (κ2) is 4.75. The van der Waals surface area contributed by atoms with Crippen molar-refractivity contribution < 1.29 is 14.6 Å². The van der Waals surface area contributed by atoms with Crippen molar-refractivity contribution in [2.75, 3.05) is 0 Å². The van der Waals surface area contributed by atoms with Gasteiger partial charge in [0.15, 0.2) is 0 Å². The van der Waals surface area contributed by atoms with Gasteiger partial charge in [-0.2, -0.15) is 0 Å². The van der Waals surface area contributed by atoms with Gasteiger partial charge in [-0.05, 0) is 32.1 Å². The summed E-state index contributed by atoms with van der Waals surface area (Å²) in [5, 5.41) is 9.32. The van der Waals surface area contributed by atoms with Crippen LogP contribution in [0.25, 0.3) is 0 Å². The number of aliphatic hydroxyl groups is 1. The molecule has 3 heteroatoms. The highest BCUT2D eigenvalue weighted by Crippen LogP contribution is 2.05. The first-order valence-corrected chi connectivity index (χ1v) is 4.65. The summed E-state index contributed by atoms with van der Waals surface area (Å²) in [6, 6.07) is 8.68. The molecule has 1 rings (SSSR count). The molecule has 3 nitrogen and oxygen atoms in total. The Morgan fingerprint density at radius 3 is 2.47 bits per heavy atom. The number of rotatable bonds is 3. The molecule has 0 atom stereocenters. The van der Waals surface area contributed by atoms with Gasteiger partial charge in [0, 0.05) is 0 Å². The van der Waals surface area contributed by atoms with E-state index < -0.39 is 11.6 Å². The predicted molar refractivity (Wildman–Crippen MR) is 57.3 cm³/mol. The number of hydrogen-bond donors (Lipinski definition) is 1. The molecule has 0 aliphatic heterocycles. The average molecular weight is 206 g/mol. The smallest absolute Gasteiger partial charge is 0.342 e. The van der Waals surface area contributed by atoms with Gasteiger partial charge in [-0.1, -0.05) is 18.2 Å². The molecule has 0 aliphatic carbocycles. The summed E-state index contributed by atoms with van der Waals surface area (Å²) in [6.07, 6.45) is 2.61. The van der Waals surface area contributed by atoms with Gasteiger partial charge >= 0.3 is 5.97 Å². The molecule has 0 unspecified atom stereocenters. The molecule has 0 amide bonds. The first-order chi connectivity index (χ1) is 6.99. The molecule has 1 aromatic rings. The largest absolute Gasteiger partial charge is 0.431 e. The highest BCUT2D eigenvalue weighted by molar-refractivity contribution is 5.89. The Hall–Kier alpha value is -1.61.